The number of aliphatic carboxylic acids is 1. The SMILES string of the molecule is CCCn1nc(C)c([N+](=O)[O-])c1NC(C)(C)C(=O)O. The molecule has 8 nitrogen and oxygen atoms in total. The van der Waals surface area contributed by atoms with Crippen LogP contribution in [-0.4, -0.2) is 31.3 Å². The molecule has 1 aromatic heterocycles. The van der Waals surface area contributed by atoms with Crippen LogP contribution in [0.4, 0.5) is 11.5 Å². The molecule has 106 valence electrons. The first kappa shape index (κ1) is 14.9. The molecule has 0 amide bonds. The number of carboxylic acids is 1. The van der Waals surface area contributed by atoms with E-state index in [-0.39, 0.29) is 17.2 Å². The minimum absolute atomic E-state index is 0.136. The third kappa shape index (κ3) is 3.01. The van der Waals surface area contributed by atoms with Crippen molar-refractivity contribution in [3.8, 4) is 0 Å². The summed E-state index contributed by atoms with van der Waals surface area (Å²) in [6.45, 7) is 6.81. The first-order valence-electron chi connectivity index (χ1n) is 5.94. The summed E-state index contributed by atoms with van der Waals surface area (Å²) >= 11 is 0. The summed E-state index contributed by atoms with van der Waals surface area (Å²) in [6.07, 6.45) is 0.737. The highest BCUT2D eigenvalue weighted by molar-refractivity contribution is 5.82. The van der Waals surface area contributed by atoms with Crippen molar-refractivity contribution in [2.24, 2.45) is 0 Å². The molecule has 0 unspecified atom stereocenters. The average Bonchev–Trinajstić information content (AvgIpc) is 2.54. The molecule has 0 radical (unpaired) electrons. The highest BCUT2D eigenvalue weighted by Crippen LogP contribution is 2.30. The van der Waals surface area contributed by atoms with E-state index in [0.717, 1.165) is 6.42 Å². The van der Waals surface area contributed by atoms with Gasteiger partial charge in [-0.3, -0.25) is 10.1 Å². The molecule has 0 aliphatic heterocycles. The average molecular weight is 270 g/mol. The Morgan fingerprint density at radius 2 is 2.16 bits per heavy atom. The summed E-state index contributed by atoms with van der Waals surface area (Å²) in [6, 6.07) is 0. The van der Waals surface area contributed by atoms with Crippen LogP contribution in [0, 0.1) is 17.0 Å². The van der Waals surface area contributed by atoms with Gasteiger partial charge < -0.3 is 10.4 Å². The minimum atomic E-state index is -1.32. The molecule has 1 rings (SSSR count). The van der Waals surface area contributed by atoms with Gasteiger partial charge >= 0.3 is 11.7 Å². The Bertz CT molecular complexity index is 507. The minimum Gasteiger partial charge on any atom is -0.480 e. The van der Waals surface area contributed by atoms with Crippen LogP contribution < -0.4 is 5.32 Å². The number of anilines is 1. The molecule has 0 saturated heterocycles. The number of aromatic nitrogens is 2. The molecule has 8 heteroatoms. The second kappa shape index (κ2) is 5.25. The van der Waals surface area contributed by atoms with Crippen molar-refractivity contribution in [3.05, 3.63) is 15.8 Å². The Labute approximate surface area is 110 Å². The van der Waals surface area contributed by atoms with Gasteiger partial charge in [0.15, 0.2) is 0 Å². The van der Waals surface area contributed by atoms with E-state index in [9.17, 15) is 14.9 Å². The maximum absolute atomic E-state index is 11.1. The van der Waals surface area contributed by atoms with Crippen molar-refractivity contribution in [2.45, 2.75) is 46.2 Å². The van der Waals surface area contributed by atoms with Crippen molar-refractivity contribution in [1.29, 1.82) is 0 Å². The normalized spacial score (nSPS) is 11.4. The van der Waals surface area contributed by atoms with Crippen LogP contribution in [0.5, 0.6) is 0 Å². The summed E-state index contributed by atoms with van der Waals surface area (Å²) in [4.78, 5) is 21.7. The summed E-state index contributed by atoms with van der Waals surface area (Å²) in [5.41, 5.74) is -1.23. The predicted molar refractivity (Wildman–Crippen MR) is 69.2 cm³/mol. The third-order valence-corrected chi connectivity index (χ3v) is 2.68. The van der Waals surface area contributed by atoms with E-state index in [1.165, 1.54) is 25.5 Å². The molecule has 0 atom stereocenters. The first-order chi connectivity index (χ1) is 8.70. The fourth-order valence-corrected chi connectivity index (χ4v) is 1.64. The summed E-state index contributed by atoms with van der Waals surface area (Å²) in [5, 5.41) is 27.0. The molecule has 0 bridgehead atoms. The molecule has 19 heavy (non-hydrogen) atoms. The molecule has 0 aromatic carbocycles. The first-order valence-corrected chi connectivity index (χ1v) is 5.94. The van der Waals surface area contributed by atoms with Gasteiger partial charge in [0, 0.05) is 6.54 Å². The number of hydrogen-bond donors (Lipinski definition) is 2. The van der Waals surface area contributed by atoms with Crippen molar-refractivity contribution in [1.82, 2.24) is 9.78 Å². The van der Waals surface area contributed by atoms with Gasteiger partial charge in [-0.2, -0.15) is 5.10 Å². The zero-order valence-corrected chi connectivity index (χ0v) is 11.4. The van der Waals surface area contributed by atoms with Crippen LogP contribution in [0.2, 0.25) is 0 Å². The number of aryl methyl sites for hydroxylation is 2. The largest absolute Gasteiger partial charge is 0.480 e. The summed E-state index contributed by atoms with van der Waals surface area (Å²) < 4.78 is 1.44. The van der Waals surface area contributed by atoms with Gasteiger partial charge in [0.25, 0.3) is 0 Å². The standard InChI is InChI=1S/C11H18N4O4/c1-5-6-14-9(12-11(3,4)10(16)17)8(15(18)19)7(2)13-14/h12H,5-6H2,1-4H3,(H,16,17). The molecule has 0 fully saturated rings. The van der Waals surface area contributed by atoms with Crippen LogP contribution >= 0.6 is 0 Å². The maximum Gasteiger partial charge on any atom is 0.333 e. The maximum atomic E-state index is 11.1. The second-order valence-electron chi connectivity index (χ2n) is 4.82. The molecule has 0 saturated carbocycles. The molecule has 1 heterocycles. The second-order valence-corrected chi connectivity index (χ2v) is 4.82. The Hall–Kier alpha value is -2.12. The fourth-order valence-electron chi connectivity index (χ4n) is 1.64. The lowest BCUT2D eigenvalue weighted by molar-refractivity contribution is -0.384. The number of rotatable bonds is 6. The van der Waals surface area contributed by atoms with Crippen molar-refractivity contribution in [2.75, 3.05) is 5.32 Å². The number of carboxylic acid groups (broad SMARTS) is 1. The molecular weight excluding hydrogens is 252 g/mol. The lowest BCUT2D eigenvalue weighted by atomic mass is 10.1. The molecule has 2 N–H and O–H groups in total. The topological polar surface area (TPSA) is 110 Å². The number of carbonyl (C=O) groups is 1. The van der Waals surface area contributed by atoms with E-state index in [1.54, 1.807) is 0 Å². The lowest BCUT2D eigenvalue weighted by Crippen LogP contribution is -2.40. The Morgan fingerprint density at radius 3 is 2.58 bits per heavy atom. The number of nitro groups is 1. The quantitative estimate of drug-likeness (QED) is 0.602. The van der Waals surface area contributed by atoms with Crippen molar-refractivity contribution >= 4 is 17.5 Å². The van der Waals surface area contributed by atoms with Crippen LogP contribution in [0.3, 0.4) is 0 Å². The Balaban J connectivity index is 3.30. The molecule has 1 aromatic rings. The third-order valence-electron chi connectivity index (χ3n) is 2.68. The van der Waals surface area contributed by atoms with E-state index in [2.05, 4.69) is 10.4 Å². The van der Waals surface area contributed by atoms with Gasteiger partial charge in [-0.25, -0.2) is 9.48 Å². The van der Waals surface area contributed by atoms with Gasteiger partial charge in [-0.05, 0) is 27.2 Å². The Morgan fingerprint density at radius 1 is 1.58 bits per heavy atom. The molecular formula is C11H18N4O4. The zero-order chi connectivity index (χ0) is 14.8. The van der Waals surface area contributed by atoms with Crippen LogP contribution in [0.15, 0.2) is 0 Å². The van der Waals surface area contributed by atoms with E-state index < -0.39 is 16.4 Å². The van der Waals surface area contributed by atoms with Crippen molar-refractivity contribution < 1.29 is 14.8 Å². The van der Waals surface area contributed by atoms with E-state index in [1.807, 2.05) is 6.92 Å². The van der Waals surface area contributed by atoms with Gasteiger partial charge in [0.05, 0.1) is 4.92 Å². The predicted octanol–water partition coefficient (Wildman–Crippen LogP) is 1.78. The van der Waals surface area contributed by atoms with Gasteiger partial charge in [0.1, 0.15) is 11.2 Å². The van der Waals surface area contributed by atoms with Gasteiger partial charge in [-0.1, -0.05) is 6.92 Å². The molecule has 0 aliphatic carbocycles. The molecule has 0 aliphatic rings. The number of hydrogen-bond acceptors (Lipinski definition) is 5. The lowest BCUT2D eigenvalue weighted by Gasteiger charge is -2.22. The highest BCUT2D eigenvalue weighted by Gasteiger charge is 2.33. The van der Waals surface area contributed by atoms with Gasteiger partial charge in [0.2, 0.25) is 5.82 Å². The summed E-state index contributed by atoms with van der Waals surface area (Å²) in [7, 11) is 0. The number of nitrogens with one attached hydrogen (secondary N) is 1. The van der Waals surface area contributed by atoms with Crippen LogP contribution in [0.25, 0.3) is 0 Å². The summed E-state index contributed by atoms with van der Waals surface area (Å²) in [5.74, 6) is -0.958. The van der Waals surface area contributed by atoms with E-state index in [0.29, 0.717) is 6.54 Å². The van der Waals surface area contributed by atoms with E-state index >= 15 is 0 Å². The smallest absolute Gasteiger partial charge is 0.333 e. The fraction of sp³-hybridized carbons (Fsp3) is 0.636. The van der Waals surface area contributed by atoms with Crippen molar-refractivity contribution in [3.63, 3.8) is 0 Å². The van der Waals surface area contributed by atoms with Crippen LogP contribution in [0.1, 0.15) is 32.9 Å². The Kier molecular flexibility index (Phi) is 4.13. The van der Waals surface area contributed by atoms with Gasteiger partial charge in [-0.15, -0.1) is 0 Å². The van der Waals surface area contributed by atoms with Crippen LogP contribution in [-0.2, 0) is 11.3 Å². The zero-order valence-electron chi connectivity index (χ0n) is 11.4. The highest BCUT2D eigenvalue weighted by atomic mass is 16.6. The monoisotopic (exact) mass is 270 g/mol. The molecule has 0 spiro atoms. The van der Waals surface area contributed by atoms with E-state index in [4.69, 9.17) is 5.11 Å². The number of nitrogens with zero attached hydrogens (tertiary/aromatic N) is 3.